The van der Waals surface area contributed by atoms with Crippen LogP contribution in [0.4, 0.5) is 0 Å². The summed E-state index contributed by atoms with van der Waals surface area (Å²) in [6.07, 6.45) is 1.16. The van der Waals surface area contributed by atoms with E-state index in [0.29, 0.717) is 17.4 Å². The van der Waals surface area contributed by atoms with Crippen LogP contribution in [0.1, 0.15) is 30.6 Å². The first-order valence-electron chi connectivity index (χ1n) is 7.55. The van der Waals surface area contributed by atoms with Gasteiger partial charge in [0, 0.05) is 13.1 Å². The lowest BCUT2D eigenvalue weighted by molar-refractivity contribution is 0.0620. The van der Waals surface area contributed by atoms with Gasteiger partial charge in [0.2, 0.25) is 0 Å². The average molecular weight is 283 g/mol. The number of nitrogens with zero attached hydrogens (tertiary/aromatic N) is 1. The fourth-order valence-electron chi connectivity index (χ4n) is 3.40. The Kier molecular flexibility index (Phi) is 3.58. The van der Waals surface area contributed by atoms with Crippen molar-refractivity contribution in [2.75, 3.05) is 13.1 Å². The molecule has 0 saturated carbocycles. The molecule has 0 radical (unpaired) electrons. The van der Waals surface area contributed by atoms with Crippen molar-refractivity contribution in [3.05, 3.63) is 42.0 Å². The average Bonchev–Trinajstić information content (AvgIpc) is 2.44. The lowest BCUT2D eigenvalue weighted by atomic mass is 9.91. The van der Waals surface area contributed by atoms with Gasteiger partial charge in [0.1, 0.15) is 5.75 Å². The molecule has 1 aliphatic heterocycles. The number of carbonyl (C=O) groups is 1. The highest BCUT2D eigenvalue weighted by molar-refractivity contribution is 6.01. The van der Waals surface area contributed by atoms with Gasteiger partial charge in [0.05, 0.1) is 5.56 Å². The molecule has 3 rings (SSSR count). The summed E-state index contributed by atoms with van der Waals surface area (Å²) in [6, 6.07) is 11.3. The van der Waals surface area contributed by atoms with Crippen LogP contribution in [0, 0.1) is 11.8 Å². The van der Waals surface area contributed by atoms with Gasteiger partial charge in [-0.3, -0.25) is 4.79 Å². The predicted octanol–water partition coefficient (Wildman–Crippen LogP) is 3.66. The summed E-state index contributed by atoms with van der Waals surface area (Å²) in [7, 11) is 0. The number of amides is 1. The number of carbonyl (C=O) groups excluding carboxylic acids is 1. The van der Waals surface area contributed by atoms with Gasteiger partial charge in [-0.25, -0.2) is 0 Å². The van der Waals surface area contributed by atoms with Crippen LogP contribution in [0.15, 0.2) is 36.4 Å². The number of piperidine rings is 1. The number of aromatic hydroxyl groups is 1. The molecule has 1 N–H and O–H groups in total. The standard InChI is InChI=1S/C18H21NO2/c1-12-7-13(2)11-19(10-12)18(21)16-8-14-5-3-4-6-15(14)9-17(16)20/h3-6,8-9,12-13,20H,7,10-11H2,1-2H3/t12-,13-/m1/s1. The Balaban J connectivity index is 1.95. The van der Waals surface area contributed by atoms with E-state index in [0.717, 1.165) is 30.3 Å². The number of phenols is 1. The lowest BCUT2D eigenvalue weighted by Gasteiger charge is -2.35. The molecule has 1 fully saturated rings. The predicted molar refractivity (Wildman–Crippen MR) is 84.5 cm³/mol. The molecule has 2 aromatic carbocycles. The highest BCUT2D eigenvalue weighted by atomic mass is 16.3. The Bertz CT molecular complexity index is 670. The van der Waals surface area contributed by atoms with E-state index >= 15 is 0 Å². The van der Waals surface area contributed by atoms with Gasteiger partial charge in [-0.05, 0) is 41.2 Å². The number of rotatable bonds is 1. The van der Waals surface area contributed by atoms with Crippen molar-refractivity contribution < 1.29 is 9.90 Å². The van der Waals surface area contributed by atoms with Crippen LogP contribution in [0.3, 0.4) is 0 Å². The molecular formula is C18H21NO2. The van der Waals surface area contributed by atoms with Crippen molar-refractivity contribution in [3.63, 3.8) is 0 Å². The van der Waals surface area contributed by atoms with Crippen LogP contribution in [0.5, 0.6) is 5.75 Å². The Morgan fingerprint density at radius 3 is 2.29 bits per heavy atom. The van der Waals surface area contributed by atoms with Crippen LogP contribution in [-0.2, 0) is 0 Å². The minimum Gasteiger partial charge on any atom is -0.507 e. The smallest absolute Gasteiger partial charge is 0.257 e. The molecule has 1 aliphatic rings. The largest absolute Gasteiger partial charge is 0.507 e. The molecule has 21 heavy (non-hydrogen) atoms. The third kappa shape index (κ3) is 2.73. The molecule has 110 valence electrons. The minimum atomic E-state index is -0.0587. The first-order chi connectivity index (χ1) is 10.0. The van der Waals surface area contributed by atoms with Gasteiger partial charge >= 0.3 is 0 Å². The van der Waals surface area contributed by atoms with Crippen LogP contribution in [0.25, 0.3) is 10.8 Å². The second-order valence-electron chi connectivity index (χ2n) is 6.37. The molecule has 0 aliphatic carbocycles. The maximum absolute atomic E-state index is 12.7. The van der Waals surface area contributed by atoms with Crippen molar-refractivity contribution in [1.29, 1.82) is 0 Å². The van der Waals surface area contributed by atoms with Gasteiger partial charge in [-0.1, -0.05) is 38.1 Å². The quantitative estimate of drug-likeness (QED) is 0.867. The Hall–Kier alpha value is -2.03. The van der Waals surface area contributed by atoms with Crippen molar-refractivity contribution >= 4 is 16.7 Å². The highest BCUT2D eigenvalue weighted by Crippen LogP contribution is 2.28. The zero-order valence-electron chi connectivity index (χ0n) is 12.5. The summed E-state index contributed by atoms with van der Waals surface area (Å²) >= 11 is 0. The normalized spacial score (nSPS) is 22.5. The summed E-state index contributed by atoms with van der Waals surface area (Å²) in [5, 5.41) is 12.1. The summed E-state index contributed by atoms with van der Waals surface area (Å²) < 4.78 is 0. The van der Waals surface area contributed by atoms with Crippen molar-refractivity contribution in [2.45, 2.75) is 20.3 Å². The molecule has 0 unspecified atom stereocenters. The first kappa shape index (κ1) is 13.9. The van der Waals surface area contributed by atoms with Crippen molar-refractivity contribution in [2.24, 2.45) is 11.8 Å². The Morgan fingerprint density at radius 2 is 1.67 bits per heavy atom. The molecule has 1 amide bonds. The molecule has 1 saturated heterocycles. The van der Waals surface area contributed by atoms with E-state index in [1.165, 1.54) is 0 Å². The molecule has 0 bridgehead atoms. The summed E-state index contributed by atoms with van der Waals surface area (Å²) in [4.78, 5) is 14.6. The van der Waals surface area contributed by atoms with E-state index in [1.54, 1.807) is 12.1 Å². The van der Waals surface area contributed by atoms with Crippen LogP contribution in [-0.4, -0.2) is 29.0 Å². The number of hydrogen-bond donors (Lipinski definition) is 1. The third-order valence-electron chi connectivity index (χ3n) is 4.25. The summed E-state index contributed by atoms with van der Waals surface area (Å²) in [5.74, 6) is 1.04. The van der Waals surface area contributed by atoms with Gasteiger partial charge in [0.25, 0.3) is 5.91 Å². The summed E-state index contributed by atoms with van der Waals surface area (Å²) in [6.45, 7) is 5.90. The van der Waals surface area contributed by atoms with E-state index in [4.69, 9.17) is 0 Å². The Labute approximate surface area is 125 Å². The lowest BCUT2D eigenvalue weighted by Crippen LogP contribution is -2.42. The number of phenolic OH excluding ortho intramolecular Hbond substituents is 1. The molecule has 2 atom stereocenters. The topological polar surface area (TPSA) is 40.5 Å². The SMILES string of the molecule is C[C@@H]1C[C@@H](C)CN(C(=O)c2cc3ccccc3cc2O)C1. The van der Waals surface area contributed by atoms with Gasteiger partial charge < -0.3 is 10.0 Å². The van der Waals surface area contributed by atoms with Gasteiger partial charge in [-0.2, -0.15) is 0 Å². The number of likely N-dealkylation sites (tertiary alicyclic amines) is 1. The van der Waals surface area contributed by atoms with Gasteiger partial charge in [0.15, 0.2) is 0 Å². The minimum absolute atomic E-state index is 0.0587. The van der Waals surface area contributed by atoms with Gasteiger partial charge in [-0.15, -0.1) is 0 Å². The van der Waals surface area contributed by atoms with E-state index in [1.807, 2.05) is 29.2 Å². The number of benzene rings is 2. The third-order valence-corrected chi connectivity index (χ3v) is 4.25. The summed E-state index contributed by atoms with van der Waals surface area (Å²) in [5.41, 5.74) is 0.412. The number of fused-ring (bicyclic) bond motifs is 1. The zero-order chi connectivity index (χ0) is 15.0. The molecular weight excluding hydrogens is 262 g/mol. The molecule has 3 heteroatoms. The van der Waals surface area contributed by atoms with E-state index in [9.17, 15) is 9.90 Å². The highest BCUT2D eigenvalue weighted by Gasteiger charge is 2.27. The second kappa shape index (κ2) is 5.40. The van der Waals surface area contributed by atoms with Crippen LogP contribution in [0.2, 0.25) is 0 Å². The zero-order valence-corrected chi connectivity index (χ0v) is 12.5. The van der Waals surface area contributed by atoms with Crippen molar-refractivity contribution in [1.82, 2.24) is 4.90 Å². The monoisotopic (exact) mass is 283 g/mol. The number of hydrogen-bond acceptors (Lipinski definition) is 2. The fraction of sp³-hybridized carbons (Fsp3) is 0.389. The van der Waals surface area contributed by atoms with E-state index in [-0.39, 0.29) is 11.7 Å². The maximum Gasteiger partial charge on any atom is 0.257 e. The Morgan fingerprint density at radius 1 is 1.10 bits per heavy atom. The molecule has 1 heterocycles. The van der Waals surface area contributed by atoms with Crippen molar-refractivity contribution in [3.8, 4) is 5.75 Å². The molecule has 0 aromatic heterocycles. The van der Waals surface area contributed by atoms with E-state index < -0.39 is 0 Å². The molecule has 3 nitrogen and oxygen atoms in total. The fourth-order valence-corrected chi connectivity index (χ4v) is 3.40. The molecule has 2 aromatic rings. The second-order valence-corrected chi connectivity index (χ2v) is 6.37. The van der Waals surface area contributed by atoms with E-state index in [2.05, 4.69) is 13.8 Å². The first-order valence-corrected chi connectivity index (χ1v) is 7.55. The maximum atomic E-state index is 12.7. The van der Waals surface area contributed by atoms with Crippen LogP contribution < -0.4 is 0 Å². The van der Waals surface area contributed by atoms with Crippen LogP contribution >= 0.6 is 0 Å². The molecule has 0 spiro atoms.